The van der Waals surface area contributed by atoms with Gasteiger partial charge in [-0.1, -0.05) is 6.07 Å². The molecule has 3 rings (SSSR count). The summed E-state index contributed by atoms with van der Waals surface area (Å²) in [4.78, 5) is 0. The standard InChI is InChI=1S/C18H23F3N2O/c1-11-7-15-16(22-14-8-12(2)24-13(3)9-14)5-4-6-17(15)23(11)10-18(19,20)21/h4-7,12-14,22H,8-10H2,1-3H3. The SMILES string of the molecule is Cc1cc2c(NC3CC(C)OC(C)C3)cccc2n1CC(F)(F)F. The third-order valence-corrected chi connectivity index (χ3v) is 4.55. The van der Waals surface area contributed by atoms with Crippen molar-refractivity contribution >= 4 is 16.6 Å². The van der Waals surface area contributed by atoms with E-state index in [0.29, 0.717) is 11.2 Å². The Hall–Kier alpha value is -1.69. The molecule has 1 aromatic heterocycles. The Kier molecular flexibility index (Phi) is 4.51. The maximum atomic E-state index is 12.8. The second-order valence-corrected chi connectivity index (χ2v) is 6.80. The van der Waals surface area contributed by atoms with Crippen molar-refractivity contribution in [3.63, 3.8) is 0 Å². The Bertz CT molecular complexity index is 713. The first-order valence-electron chi connectivity index (χ1n) is 8.30. The Balaban J connectivity index is 1.91. The minimum Gasteiger partial charge on any atom is -0.382 e. The van der Waals surface area contributed by atoms with Crippen LogP contribution in [0, 0.1) is 6.92 Å². The van der Waals surface area contributed by atoms with Gasteiger partial charge in [0.15, 0.2) is 0 Å². The molecule has 0 bridgehead atoms. The average Bonchev–Trinajstić information content (AvgIpc) is 2.74. The summed E-state index contributed by atoms with van der Waals surface area (Å²) < 4.78 is 45.6. The fourth-order valence-corrected chi connectivity index (χ4v) is 3.67. The molecule has 3 nitrogen and oxygen atoms in total. The minimum absolute atomic E-state index is 0.182. The molecule has 0 amide bonds. The lowest BCUT2D eigenvalue weighted by Crippen LogP contribution is -2.36. The van der Waals surface area contributed by atoms with Crippen LogP contribution >= 0.6 is 0 Å². The van der Waals surface area contributed by atoms with Gasteiger partial charge in [-0.25, -0.2) is 0 Å². The lowest BCUT2D eigenvalue weighted by molar-refractivity contribution is -0.140. The molecule has 2 unspecified atom stereocenters. The Morgan fingerprint density at radius 2 is 1.88 bits per heavy atom. The van der Waals surface area contributed by atoms with Gasteiger partial charge in [-0.2, -0.15) is 13.2 Å². The fraction of sp³-hybridized carbons (Fsp3) is 0.556. The number of ether oxygens (including phenoxy) is 1. The highest BCUT2D eigenvalue weighted by molar-refractivity contribution is 5.93. The van der Waals surface area contributed by atoms with E-state index in [1.807, 2.05) is 18.2 Å². The summed E-state index contributed by atoms with van der Waals surface area (Å²) in [7, 11) is 0. The molecule has 1 aliphatic heterocycles. The molecule has 24 heavy (non-hydrogen) atoms. The van der Waals surface area contributed by atoms with Gasteiger partial charge in [-0.15, -0.1) is 0 Å². The predicted molar refractivity (Wildman–Crippen MR) is 89.4 cm³/mol. The van der Waals surface area contributed by atoms with Crippen LogP contribution in [0.4, 0.5) is 18.9 Å². The van der Waals surface area contributed by atoms with Crippen LogP contribution < -0.4 is 5.32 Å². The highest BCUT2D eigenvalue weighted by Crippen LogP contribution is 2.31. The van der Waals surface area contributed by atoms with Crippen molar-refractivity contribution in [2.75, 3.05) is 5.32 Å². The van der Waals surface area contributed by atoms with Crippen LogP contribution in [0.1, 0.15) is 32.4 Å². The zero-order valence-corrected chi connectivity index (χ0v) is 14.2. The Morgan fingerprint density at radius 3 is 2.50 bits per heavy atom. The zero-order chi connectivity index (χ0) is 17.5. The largest absolute Gasteiger partial charge is 0.406 e. The molecule has 6 heteroatoms. The molecule has 2 atom stereocenters. The Labute approximate surface area is 139 Å². The van der Waals surface area contributed by atoms with Crippen LogP contribution in [0.2, 0.25) is 0 Å². The summed E-state index contributed by atoms with van der Waals surface area (Å²) in [5, 5.41) is 4.35. The van der Waals surface area contributed by atoms with Gasteiger partial charge < -0.3 is 14.6 Å². The van der Waals surface area contributed by atoms with E-state index in [2.05, 4.69) is 19.2 Å². The molecule has 0 spiro atoms. The molecule has 1 N–H and O–H groups in total. The van der Waals surface area contributed by atoms with Gasteiger partial charge in [0.05, 0.1) is 17.7 Å². The summed E-state index contributed by atoms with van der Waals surface area (Å²) in [6.45, 7) is 4.86. The average molecular weight is 340 g/mol. The second kappa shape index (κ2) is 6.31. The van der Waals surface area contributed by atoms with Crippen molar-refractivity contribution in [3.8, 4) is 0 Å². The maximum Gasteiger partial charge on any atom is 0.406 e. The van der Waals surface area contributed by atoms with E-state index >= 15 is 0 Å². The third kappa shape index (κ3) is 3.69. The fourth-order valence-electron chi connectivity index (χ4n) is 3.67. The monoisotopic (exact) mass is 340 g/mol. The van der Waals surface area contributed by atoms with Crippen molar-refractivity contribution in [2.24, 2.45) is 0 Å². The zero-order valence-electron chi connectivity index (χ0n) is 14.2. The summed E-state index contributed by atoms with van der Waals surface area (Å²) in [6.07, 6.45) is -2.08. The van der Waals surface area contributed by atoms with E-state index in [1.165, 1.54) is 4.57 Å². The highest BCUT2D eigenvalue weighted by atomic mass is 19.4. The molecule has 0 saturated carbocycles. The van der Waals surface area contributed by atoms with Crippen molar-refractivity contribution in [3.05, 3.63) is 30.0 Å². The van der Waals surface area contributed by atoms with Crippen LogP contribution in [-0.4, -0.2) is 29.0 Å². The number of rotatable bonds is 3. The number of nitrogens with zero attached hydrogens (tertiary/aromatic N) is 1. The summed E-state index contributed by atoms with van der Waals surface area (Å²) in [6, 6.07) is 7.58. The smallest absolute Gasteiger partial charge is 0.382 e. The molecular weight excluding hydrogens is 317 g/mol. The summed E-state index contributed by atoms with van der Waals surface area (Å²) in [5.41, 5.74) is 2.12. The maximum absolute atomic E-state index is 12.8. The molecule has 1 aromatic carbocycles. The number of aryl methyl sites for hydroxylation is 1. The number of anilines is 1. The predicted octanol–water partition coefficient (Wildman–Crippen LogP) is 4.88. The number of hydrogen-bond donors (Lipinski definition) is 1. The van der Waals surface area contributed by atoms with Gasteiger partial charge in [0.25, 0.3) is 0 Å². The van der Waals surface area contributed by atoms with E-state index in [4.69, 9.17) is 4.74 Å². The molecule has 2 heterocycles. The van der Waals surface area contributed by atoms with Gasteiger partial charge in [-0.05, 0) is 51.8 Å². The van der Waals surface area contributed by atoms with Crippen molar-refractivity contribution in [1.29, 1.82) is 0 Å². The van der Waals surface area contributed by atoms with Gasteiger partial charge in [0.1, 0.15) is 6.54 Å². The molecule has 1 aliphatic rings. The van der Waals surface area contributed by atoms with Crippen molar-refractivity contribution in [1.82, 2.24) is 4.57 Å². The summed E-state index contributed by atoms with van der Waals surface area (Å²) >= 11 is 0. The minimum atomic E-state index is -4.23. The van der Waals surface area contributed by atoms with E-state index < -0.39 is 12.7 Å². The van der Waals surface area contributed by atoms with Gasteiger partial charge in [-0.3, -0.25) is 0 Å². The second-order valence-electron chi connectivity index (χ2n) is 6.80. The quantitative estimate of drug-likeness (QED) is 0.862. The molecule has 1 fully saturated rings. The van der Waals surface area contributed by atoms with Crippen molar-refractivity contribution < 1.29 is 17.9 Å². The van der Waals surface area contributed by atoms with Gasteiger partial charge in [0.2, 0.25) is 0 Å². The summed E-state index contributed by atoms with van der Waals surface area (Å²) in [5.74, 6) is 0. The van der Waals surface area contributed by atoms with E-state index in [-0.39, 0.29) is 18.2 Å². The van der Waals surface area contributed by atoms with Crippen LogP contribution in [0.25, 0.3) is 10.9 Å². The van der Waals surface area contributed by atoms with E-state index in [9.17, 15) is 13.2 Å². The number of fused-ring (bicyclic) bond motifs is 1. The number of aromatic nitrogens is 1. The number of nitrogens with one attached hydrogen (secondary N) is 1. The molecule has 0 radical (unpaired) electrons. The van der Waals surface area contributed by atoms with Crippen LogP contribution in [0.5, 0.6) is 0 Å². The molecule has 0 aliphatic carbocycles. The number of halogens is 3. The Morgan fingerprint density at radius 1 is 1.21 bits per heavy atom. The number of benzene rings is 1. The normalized spacial score (nSPS) is 25.2. The van der Waals surface area contributed by atoms with Crippen LogP contribution in [0.3, 0.4) is 0 Å². The van der Waals surface area contributed by atoms with Gasteiger partial charge in [0, 0.05) is 22.8 Å². The number of hydrogen-bond acceptors (Lipinski definition) is 2. The van der Waals surface area contributed by atoms with Crippen molar-refractivity contribution in [2.45, 2.75) is 64.6 Å². The van der Waals surface area contributed by atoms with Crippen LogP contribution in [-0.2, 0) is 11.3 Å². The highest BCUT2D eigenvalue weighted by Gasteiger charge is 2.30. The van der Waals surface area contributed by atoms with Crippen LogP contribution in [0.15, 0.2) is 24.3 Å². The third-order valence-electron chi connectivity index (χ3n) is 4.55. The lowest BCUT2D eigenvalue weighted by atomic mass is 9.99. The molecular formula is C18H23F3N2O. The van der Waals surface area contributed by atoms with E-state index in [0.717, 1.165) is 23.9 Å². The first-order chi connectivity index (χ1) is 11.2. The lowest BCUT2D eigenvalue weighted by Gasteiger charge is -2.33. The van der Waals surface area contributed by atoms with E-state index in [1.54, 1.807) is 13.0 Å². The van der Waals surface area contributed by atoms with Gasteiger partial charge >= 0.3 is 6.18 Å². The first kappa shape index (κ1) is 17.1. The molecule has 1 saturated heterocycles. The molecule has 2 aromatic rings. The number of alkyl halides is 3. The first-order valence-corrected chi connectivity index (χ1v) is 8.30. The molecule has 132 valence electrons. The topological polar surface area (TPSA) is 26.2 Å².